The molecule has 1 atom stereocenters. The highest BCUT2D eigenvalue weighted by molar-refractivity contribution is 7.89. The van der Waals surface area contributed by atoms with Crippen LogP contribution in [-0.2, 0) is 27.8 Å². The fourth-order valence-electron chi connectivity index (χ4n) is 3.64. The van der Waals surface area contributed by atoms with Crippen LogP contribution in [0, 0.1) is 12.7 Å². The van der Waals surface area contributed by atoms with E-state index in [1.165, 1.54) is 24.1 Å². The second kappa shape index (κ2) is 12.3. The van der Waals surface area contributed by atoms with Gasteiger partial charge in [-0.15, -0.1) is 11.3 Å². The quantitative estimate of drug-likeness (QED) is 0.377. The zero-order chi connectivity index (χ0) is 27.2. The molecule has 12 heteroatoms. The molecule has 0 aliphatic heterocycles. The Labute approximate surface area is 219 Å². The number of methoxy groups -OCH3 is 1. The molecule has 0 aliphatic carbocycles. The number of amides is 2. The molecule has 3 aromatic rings. The third-order valence-corrected chi connectivity index (χ3v) is 6.93. The molecule has 2 aromatic carbocycles. The van der Waals surface area contributed by atoms with Gasteiger partial charge in [0.2, 0.25) is 10.0 Å². The first-order valence-electron chi connectivity index (χ1n) is 11.3. The molecule has 3 rings (SSSR count). The van der Waals surface area contributed by atoms with Crippen molar-refractivity contribution in [2.24, 2.45) is 0 Å². The Balaban J connectivity index is 1.80. The molecule has 0 fully saturated rings. The van der Waals surface area contributed by atoms with E-state index in [4.69, 9.17) is 4.74 Å². The topological polar surface area (TPSA) is 126 Å². The Morgan fingerprint density at radius 3 is 2.54 bits per heavy atom. The third-order valence-electron chi connectivity index (χ3n) is 5.42. The number of benzene rings is 2. The zero-order valence-corrected chi connectivity index (χ0v) is 22.2. The molecule has 2 amide bonds. The maximum Gasteiger partial charge on any atom is 0.284 e. The minimum atomic E-state index is -3.77. The number of ether oxygens (including phenoxy) is 1. The van der Waals surface area contributed by atoms with Gasteiger partial charge in [-0.25, -0.2) is 22.5 Å². The fraction of sp³-hybridized carbons (Fsp3) is 0.320. The number of carbonyl (C=O) groups excluding carboxylic acids is 2. The molecular weight excluding hydrogens is 521 g/mol. The van der Waals surface area contributed by atoms with Crippen molar-refractivity contribution in [3.05, 3.63) is 81.1 Å². The third kappa shape index (κ3) is 8.07. The maximum atomic E-state index is 13.5. The van der Waals surface area contributed by atoms with Crippen LogP contribution in [0.5, 0.6) is 5.75 Å². The second-order valence-electron chi connectivity index (χ2n) is 8.38. The van der Waals surface area contributed by atoms with Gasteiger partial charge < -0.3 is 14.7 Å². The average Bonchev–Trinajstić information content (AvgIpc) is 3.21. The first kappa shape index (κ1) is 28.2. The Bertz CT molecular complexity index is 1360. The van der Waals surface area contributed by atoms with Crippen molar-refractivity contribution in [1.82, 2.24) is 14.6 Å². The number of halogens is 1. The van der Waals surface area contributed by atoms with E-state index in [0.29, 0.717) is 34.0 Å². The van der Waals surface area contributed by atoms with Gasteiger partial charge in [-0.1, -0.05) is 24.3 Å². The predicted octanol–water partition coefficient (Wildman–Crippen LogP) is 2.98. The minimum absolute atomic E-state index is 0.00708. The number of aryl methyl sites for hydroxylation is 2. The van der Waals surface area contributed by atoms with E-state index in [0.717, 1.165) is 23.2 Å². The molecule has 1 aromatic heterocycles. The van der Waals surface area contributed by atoms with E-state index in [9.17, 15) is 27.5 Å². The molecule has 0 saturated carbocycles. The lowest BCUT2D eigenvalue weighted by Crippen LogP contribution is -2.36. The van der Waals surface area contributed by atoms with Gasteiger partial charge in [0.15, 0.2) is 6.10 Å². The summed E-state index contributed by atoms with van der Waals surface area (Å²) in [6, 6.07) is 12.6. The van der Waals surface area contributed by atoms with Gasteiger partial charge in [0.1, 0.15) is 22.3 Å². The molecule has 0 aliphatic rings. The molecule has 0 bridgehead atoms. The molecule has 2 N–H and O–H groups in total. The highest BCUT2D eigenvalue weighted by Gasteiger charge is 2.26. The molecule has 37 heavy (non-hydrogen) atoms. The number of aromatic nitrogens is 1. The van der Waals surface area contributed by atoms with Crippen LogP contribution in [0.4, 0.5) is 4.39 Å². The first-order chi connectivity index (χ1) is 17.5. The number of aliphatic hydroxyl groups is 1. The van der Waals surface area contributed by atoms with Crippen molar-refractivity contribution in [3.63, 3.8) is 0 Å². The van der Waals surface area contributed by atoms with E-state index in [1.54, 1.807) is 43.3 Å². The number of carbonyl (C=O) groups is 2. The monoisotopic (exact) mass is 549 g/mol. The maximum absolute atomic E-state index is 13.5. The van der Waals surface area contributed by atoms with Crippen LogP contribution in [0.1, 0.15) is 44.0 Å². The highest BCUT2D eigenvalue weighted by Crippen LogP contribution is 2.24. The molecule has 0 spiro atoms. The van der Waals surface area contributed by atoms with Crippen molar-refractivity contribution >= 4 is 33.2 Å². The van der Waals surface area contributed by atoms with Crippen LogP contribution >= 0.6 is 11.3 Å². The Morgan fingerprint density at radius 1 is 1.22 bits per heavy atom. The lowest BCUT2D eigenvalue weighted by Gasteiger charge is -2.25. The second-order valence-corrected chi connectivity index (χ2v) is 11.4. The summed E-state index contributed by atoms with van der Waals surface area (Å²) in [4.78, 5) is 31.8. The Morgan fingerprint density at radius 2 is 1.92 bits per heavy atom. The van der Waals surface area contributed by atoms with Gasteiger partial charge in [-0.3, -0.25) is 9.59 Å². The summed E-state index contributed by atoms with van der Waals surface area (Å²) in [5, 5.41) is 11.2. The van der Waals surface area contributed by atoms with Crippen LogP contribution in [0.2, 0.25) is 0 Å². The number of hydrogen-bond donors (Lipinski definition) is 2. The zero-order valence-electron chi connectivity index (χ0n) is 20.6. The van der Waals surface area contributed by atoms with E-state index >= 15 is 0 Å². The highest BCUT2D eigenvalue weighted by atomic mass is 32.2. The van der Waals surface area contributed by atoms with Crippen LogP contribution in [0.3, 0.4) is 0 Å². The molecule has 1 heterocycles. The SMILES string of the molecule is COc1ccc([C@@H](O)C(=O)N(CCCc2cccc(F)c2)Cc2nc(C(=O)NS(C)(=O)=O)c(C)s2)cc1. The largest absolute Gasteiger partial charge is 0.497 e. The van der Waals surface area contributed by atoms with Crippen LogP contribution < -0.4 is 9.46 Å². The average molecular weight is 550 g/mol. The lowest BCUT2D eigenvalue weighted by atomic mass is 10.1. The van der Waals surface area contributed by atoms with E-state index < -0.39 is 27.9 Å². The first-order valence-corrected chi connectivity index (χ1v) is 14.0. The summed E-state index contributed by atoms with van der Waals surface area (Å²) < 4.78 is 43.4. The number of aliphatic hydroxyl groups excluding tert-OH is 1. The number of rotatable bonds is 11. The lowest BCUT2D eigenvalue weighted by molar-refractivity contribution is -0.141. The normalized spacial score (nSPS) is 12.1. The predicted molar refractivity (Wildman–Crippen MR) is 137 cm³/mol. The summed E-state index contributed by atoms with van der Waals surface area (Å²) in [6.45, 7) is 1.85. The number of thiazole rings is 1. The van der Waals surface area contributed by atoms with Crippen molar-refractivity contribution in [3.8, 4) is 5.75 Å². The van der Waals surface area contributed by atoms with Gasteiger partial charge in [0.25, 0.3) is 11.8 Å². The number of nitrogens with one attached hydrogen (secondary N) is 1. The van der Waals surface area contributed by atoms with Gasteiger partial charge in [0.05, 0.1) is 19.9 Å². The molecule has 0 radical (unpaired) electrons. The summed E-state index contributed by atoms with van der Waals surface area (Å²) >= 11 is 1.15. The number of sulfonamides is 1. The Hall–Kier alpha value is -3.35. The summed E-state index contributed by atoms with van der Waals surface area (Å²) in [5.74, 6) is -1.20. The molecular formula is C25H28FN3O6S2. The van der Waals surface area contributed by atoms with E-state index in [-0.39, 0.29) is 24.6 Å². The summed E-state index contributed by atoms with van der Waals surface area (Å²) in [6.07, 6.45) is 0.400. The van der Waals surface area contributed by atoms with Gasteiger partial charge >= 0.3 is 0 Å². The molecule has 0 unspecified atom stereocenters. The Kier molecular flexibility index (Phi) is 9.35. The standard InChI is InChI=1S/C25H28FN3O6S2/c1-16-22(24(31)28-37(3,33)34)27-21(36-16)15-29(13-5-7-17-6-4-8-19(26)14-17)25(32)23(30)18-9-11-20(35-2)12-10-18/h4,6,8-12,14,23,30H,5,7,13,15H2,1-3H3,(H,28,31)/t23-/m1/s1. The van der Waals surface area contributed by atoms with Gasteiger partial charge in [-0.05, 0) is 55.2 Å². The summed E-state index contributed by atoms with van der Waals surface area (Å²) in [7, 11) is -2.26. The van der Waals surface area contributed by atoms with Crippen molar-refractivity contribution in [2.45, 2.75) is 32.4 Å². The molecule has 0 saturated heterocycles. The number of hydrogen-bond acceptors (Lipinski definition) is 8. The van der Waals surface area contributed by atoms with Crippen molar-refractivity contribution in [1.29, 1.82) is 0 Å². The van der Waals surface area contributed by atoms with Gasteiger partial charge in [-0.2, -0.15) is 0 Å². The number of nitrogens with zero attached hydrogens (tertiary/aromatic N) is 2. The molecule has 9 nitrogen and oxygen atoms in total. The smallest absolute Gasteiger partial charge is 0.284 e. The van der Waals surface area contributed by atoms with Crippen LogP contribution in [0.25, 0.3) is 0 Å². The van der Waals surface area contributed by atoms with Crippen molar-refractivity contribution in [2.75, 3.05) is 19.9 Å². The molecule has 198 valence electrons. The van der Waals surface area contributed by atoms with Crippen LogP contribution in [-0.4, -0.2) is 55.1 Å². The fourth-order valence-corrected chi connectivity index (χ4v) is 5.02. The summed E-state index contributed by atoms with van der Waals surface area (Å²) in [5.41, 5.74) is 1.10. The minimum Gasteiger partial charge on any atom is -0.497 e. The van der Waals surface area contributed by atoms with E-state index in [1.807, 2.05) is 4.72 Å². The van der Waals surface area contributed by atoms with Gasteiger partial charge in [0, 0.05) is 11.4 Å². The van der Waals surface area contributed by atoms with Crippen molar-refractivity contribution < 1.29 is 32.2 Å². The van der Waals surface area contributed by atoms with E-state index in [2.05, 4.69) is 4.98 Å². The van der Waals surface area contributed by atoms with Crippen LogP contribution in [0.15, 0.2) is 48.5 Å².